The van der Waals surface area contributed by atoms with Crippen LogP contribution < -0.4 is 4.90 Å². The molecular weight excluding hydrogens is 603 g/mol. The normalized spacial score (nSPS) is 12.8. The van der Waals surface area contributed by atoms with E-state index in [4.69, 9.17) is 0 Å². The van der Waals surface area contributed by atoms with E-state index < -0.39 is 0 Å². The van der Waals surface area contributed by atoms with Gasteiger partial charge in [0.1, 0.15) is 0 Å². The molecule has 0 unspecified atom stereocenters. The van der Waals surface area contributed by atoms with Crippen molar-refractivity contribution in [2.75, 3.05) is 4.90 Å². The van der Waals surface area contributed by atoms with Gasteiger partial charge in [-0.15, -0.1) is 0 Å². The molecule has 1 nitrogen and oxygen atoms in total. The lowest BCUT2D eigenvalue weighted by molar-refractivity contribution is 0.666. The van der Waals surface area contributed by atoms with E-state index >= 15 is 0 Å². The van der Waals surface area contributed by atoms with Crippen molar-refractivity contribution in [2.45, 2.75) is 19.3 Å². The third-order valence-corrected chi connectivity index (χ3v) is 10.4. The first kappa shape index (κ1) is 29.9. The summed E-state index contributed by atoms with van der Waals surface area (Å²) in [5, 5.41) is 2.58. The molecule has 0 N–H and O–H groups in total. The van der Waals surface area contributed by atoms with Crippen molar-refractivity contribution in [2.24, 2.45) is 0 Å². The Morgan fingerprint density at radius 1 is 0.360 bits per heavy atom. The van der Waals surface area contributed by atoms with Gasteiger partial charge in [-0.05, 0) is 79.5 Å². The number of nitrogens with zero attached hydrogens (tertiary/aromatic N) is 1. The fraction of sp³-hybridized carbons (Fsp3) is 0.0612. The Kier molecular flexibility index (Phi) is 7.21. The molecule has 8 aromatic carbocycles. The highest BCUT2D eigenvalue weighted by atomic mass is 15.1. The third-order valence-electron chi connectivity index (χ3n) is 10.4. The predicted molar refractivity (Wildman–Crippen MR) is 213 cm³/mol. The summed E-state index contributed by atoms with van der Waals surface area (Å²) in [5.74, 6) is 0. The lowest BCUT2D eigenvalue weighted by Crippen LogP contribution is -2.17. The minimum absolute atomic E-state index is 0.173. The Balaban J connectivity index is 1.30. The highest BCUT2D eigenvalue weighted by Gasteiger charge is 2.41. The van der Waals surface area contributed by atoms with E-state index in [0.29, 0.717) is 0 Å². The second-order valence-corrected chi connectivity index (χ2v) is 13.7. The summed E-state index contributed by atoms with van der Waals surface area (Å²) in [6.45, 7) is 4.78. The summed E-state index contributed by atoms with van der Waals surface area (Å²) in [4.78, 5) is 2.49. The first-order valence-electron chi connectivity index (χ1n) is 17.5. The number of rotatable bonds is 6. The van der Waals surface area contributed by atoms with Gasteiger partial charge in [0, 0.05) is 27.9 Å². The van der Waals surface area contributed by atoms with Crippen molar-refractivity contribution in [3.05, 3.63) is 199 Å². The molecule has 0 fully saturated rings. The number of benzene rings is 8. The Morgan fingerprint density at radius 3 is 1.42 bits per heavy atom. The molecule has 238 valence electrons. The van der Waals surface area contributed by atoms with Gasteiger partial charge in [0.25, 0.3) is 0 Å². The van der Waals surface area contributed by atoms with Crippen LogP contribution in [0.15, 0.2) is 188 Å². The SMILES string of the molecule is CC1(C)c2ccccc2-c2c(N(c3ccccc3)c3ccc(-c4ccc(-c5ccccc5)cc4)cc3)c(-c3ccccc3)c3ccccc3c21. The average molecular weight is 640 g/mol. The number of fused-ring (bicyclic) bond motifs is 5. The maximum Gasteiger partial charge on any atom is 0.0628 e. The number of para-hydroxylation sites is 1. The van der Waals surface area contributed by atoms with Crippen LogP contribution in [0, 0.1) is 0 Å². The molecule has 0 bridgehead atoms. The van der Waals surface area contributed by atoms with Gasteiger partial charge >= 0.3 is 0 Å². The van der Waals surface area contributed by atoms with E-state index in [1.165, 1.54) is 72.1 Å². The molecule has 8 aromatic rings. The van der Waals surface area contributed by atoms with Gasteiger partial charge in [0.15, 0.2) is 0 Å². The molecular formula is C49H37N. The molecule has 0 saturated carbocycles. The standard InChI is InChI=1S/C49H37N/c1-49(2)44-25-15-14-24-43(44)46-47(49)42-23-13-12-22-41(42)45(38-18-8-4-9-19-38)48(46)50(39-20-10-5-11-21-39)40-32-30-37(31-33-40)36-28-26-35(27-29-36)34-16-6-3-7-17-34/h3-33H,1-2H3. The van der Waals surface area contributed by atoms with E-state index in [9.17, 15) is 0 Å². The second kappa shape index (κ2) is 12.1. The summed E-state index contributed by atoms with van der Waals surface area (Å²) < 4.78 is 0. The first-order valence-corrected chi connectivity index (χ1v) is 17.5. The van der Waals surface area contributed by atoms with Crippen LogP contribution in [0.2, 0.25) is 0 Å². The average Bonchev–Trinajstić information content (AvgIpc) is 3.43. The van der Waals surface area contributed by atoms with Gasteiger partial charge in [-0.25, -0.2) is 0 Å². The molecule has 1 heteroatoms. The second-order valence-electron chi connectivity index (χ2n) is 13.7. The molecule has 50 heavy (non-hydrogen) atoms. The van der Waals surface area contributed by atoms with Crippen molar-refractivity contribution in [3.8, 4) is 44.5 Å². The predicted octanol–water partition coefficient (Wildman–Crippen LogP) is 13.6. The van der Waals surface area contributed by atoms with Gasteiger partial charge in [0.05, 0.1) is 5.69 Å². The number of hydrogen-bond acceptors (Lipinski definition) is 1. The molecule has 0 amide bonds. The van der Waals surface area contributed by atoms with Crippen LogP contribution in [0.5, 0.6) is 0 Å². The molecule has 0 saturated heterocycles. The zero-order valence-electron chi connectivity index (χ0n) is 28.3. The van der Waals surface area contributed by atoms with Crippen molar-refractivity contribution in [3.63, 3.8) is 0 Å². The van der Waals surface area contributed by atoms with Gasteiger partial charge in [0.2, 0.25) is 0 Å². The van der Waals surface area contributed by atoms with Gasteiger partial charge in [-0.1, -0.05) is 178 Å². The fourth-order valence-electron chi connectivity index (χ4n) is 8.11. The van der Waals surface area contributed by atoms with Crippen LogP contribution in [0.1, 0.15) is 25.0 Å². The highest BCUT2D eigenvalue weighted by molar-refractivity contribution is 6.15. The van der Waals surface area contributed by atoms with E-state index in [1.807, 2.05) is 0 Å². The van der Waals surface area contributed by atoms with Crippen molar-refractivity contribution in [1.29, 1.82) is 0 Å². The molecule has 0 heterocycles. The molecule has 1 aliphatic rings. The fourth-order valence-corrected chi connectivity index (χ4v) is 8.11. The largest absolute Gasteiger partial charge is 0.309 e. The monoisotopic (exact) mass is 639 g/mol. The van der Waals surface area contributed by atoms with Gasteiger partial charge < -0.3 is 4.90 Å². The van der Waals surface area contributed by atoms with Crippen LogP contribution >= 0.6 is 0 Å². The smallest absolute Gasteiger partial charge is 0.0628 e. The van der Waals surface area contributed by atoms with E-state index in [1.54, 1.807) is 0 Å². The minimum atomic E-state index is -0.173. The first-order chi connectivity index (χ1) is 24.6. The molecule has 9 rings (SSSR count). The quantitative estimate of drug-likeness (QED) is 0.175. The van der Waals surface area contributed by atoms with Crippen LogP contribution in [0.4, 0.5) is 17.1 Å². The van der Waals surface area contributed by atoms with Crippen molar-refractivity contribution in [1.82, 2.24) is 0 Å². The van der Waals surface area contributed by atoms with Gasteiger partial charge in [-0.2, -0.15) is 0 Å². The lowest BCUT2D eigenvalue weighted by Gasteiger charge is -2.33. The number of hydrogen-bond donors (Lipinski definition) is 0. The van der Waals surface area contributed by atoms with Gasteiger partial charge in [-0.3, -0.25) is 0 Å². The lowest BCUT2D eigenvalue weighted by atomic mass is 9.78. The summed E-state index contributed by atoms with van der Waals surface area (Å²) in [7, 11) is 0. The Labute approximate surface area is 294 Å². The zero-order chi connectivity index (χ0) is 33.7. The van der Waals surface area contributed by atoms with E-state index in [-0.39, 0.29) is 5.41 Å². The molecule has 0 spiro atoms. The molecule has 0 atom stereocenters. The summed E-state index contributed by atoms with van der Waals surface area (Å²) >= 11 is 0. The summed E-state index contributed by atoms with van der Waals surface area (Å²) in [5.41, 5.74) is 16.0. The third kappa shape index (κ3) is 4.85. The molecule has 0 aromatic heterocycles. The van der Waals surface area contributed by atoms with Crippen LogP contribution in [0.25, 0.3) is 55.3 Å². The Bertz CT molecular complexity index is 2460. The van der Waals surface area contributed by atoms with E-state index in [2.05, 4.69) is 207 Å². The molecule has 0 radical (unpaired) electrons. The minimum Gasteiger partial charge on any atom is -0.309 e. The maximum absolute atomic E-state index is 2.49. The van der Waals surface area contributed by atoms with Crippen molar-refractivity contribution >= 4 is 27.8 Å². The van der Waals surface area contributed by atoms with E-state index in [0.717, 1.165) is 11.4 Å². The maximum atomic E-state index is 2.49. The molecule has 1 aliphatic carbocycles. The Hall–Kier alpha value is -6.18. The Morgan fingerprint density at radius 2 is 0.800 bits per heavy atom. The highest BCUT2D eigenvalue weighted by Crippen LogP contribution is 2.60. The summed E-state index contributed by atoms with van der Waals surface area (Å²) in [6.07, 6.45) is 0. The number of anilines is 3. The zero-order valence-corrected chi connectivity index (χ0v) is 28.3. The molecule has 0 aliphatic heterocycles. The van der Waals surface area contributed by atoms with Crippen molar-refractivity contribution < 1.29 is 0 Å². The van der Waals surface area contributed by atoms with Crippen LogP contribution in [-0.2, 0) is 5.41 Å². The summed E-state index contributed by atoms with van der Waals surface area (Å²) in [6, 6.07) is 68.4. The topological polar surface area (TPSA) is 3.24 Å². The van der Waals surface area contributed by atoms with Crippen LogP contribution in [-0.4, -0.2) is 0 Å². The van der Waals surface area contributed by atoms with Crippen LogP contribution in [0.3, 0.4) is 0 Å².